The van der Waals surface area contributed by atoms with Gasteiger partial charge >= 0.3 is 0 Å². The molecule has 0 aliphatic carbocycles. The number of carbonyl (C=O) groups excluding carboxylic acids is 1. The third-order valence-electron chi connectivity index (χ3n) is 3.60. The van der Waals surface area contributed by atoms with Gasteiger partial charge in [-0.15, -0.1) is 0 Å². The molecule has 0 aliphatic heterocycles. The van der Waals surface area contributed by atoms with Gasteiger partial charge in [0.2, 0.25) is 0 Å². The van der Waals surface area contributed by atoms with Gasteiger partial charge in [0, 0.05) is 11.8 Å². The van der Waals surface area contributed by atoms with Gasteiger partial charge in [-0.3, -0.25) is 4.79 Å². The predicted molar refractivity (Wildman–Crippen MR) is 102 cm³/mol. The number of nitrogens with zero attached hydrogens (tertiary/aromatic N) is 3. The summed E-state index contributed by atoms with van der Waals surface area (Å²) in [6.45, 7) is 2.45. The van der Waals surface area contributed by atoms with E-state index in [1.807, 2.05) is 37.3 Å². The Balaban J connectivity index is 1.77. The molecule has 3 aromatic rings. The molecule has 0 saturated carbocycles. The molecule has 27 heavy (non-hydrogen) atoms. The zero-order chi connectivity index (χ0) is 19.1. The van der Waals surface area contributed by atoms with E-state index in [9.17, 15) is 4.79 Å². The Morgan fingerprint density at radius 2 is 2.00 bits per heavy atom. The summed E-state index contributed by atoms with van der Waals surface area (Å²) < 4.78 is 5.58. The van der Waals surface area contributed by atoms with E-state index in [2.05, 4.69) is 20.6 Å². The smallest absolute Gasteiger partial charge is 0.274 e. The van der Waals surface area contributed by atoms with Crippen molar-refractivity contribution in [3.63, 3.8) is 0 Å². The minimum Gasteiger partial charge on any atom is -0.492 e. The van der Waals surface area contributed by atoms with Crippen LogP contribution in [0.4, 0.5) is 17.2 Å². The molecule has 0 atom stereocenters. The second kappa shape index (κ2) is 8.45. The summed E-state index contributed by atoms with van der Waals surface area (Å²) >= 11 is 0. The van der Waals surface area contributed by atoms with E-state index < -0.39 is 5.91 Å². The minimum atomic E-state index is -0.395. The highest BCUT2D eigenvalue weighted by Crippen LogP contribution is 2.26. The van der Waals surface area contributed by atoms with Crippen molar-refractivity contribution in [2.75, 3.05) is 17.2 Å². The third-order valence-corrected chi connectivity index (χ3v) is 3.60. The second-order valence-corrected chi connectivity index (χ2v) is 5.49. The van der Waals surface area contributed by atoms with E-state index in [4.69, 9.17) is 10.00 Å². The molecular weight excluding hydrogens is 342 g/mol. The summed E-state index contributed by atoms with van der Waals surface area (Å²) in [6.07, 6.45) is 1.31. The number of rotatable bonds is 6. The molecular formula is C20H17N5O2. The van der Waals surface area contributed by atoms with Crippen LogP contribution >= 0.6 is 0 Å². The number of hydrogen-bond donors (Lipinski definition) is 2. The maximum atomic E-state index is 12.5. The van der Waals surface area contributed by atoms with Gasteiger partial charge in [-0.1, -0.05) is 18.2 Å². The number of benzene rings is 2. The van der Waals surface area contributed by atoms with Crippen LogP contribution in [0.3, 0.4) is 0 Å². The summed E-state index contributed by atoms with van der Waals surface area (Å²) in [5, 5.41) is 14.8. The number of para-hydroxylation sites is 2. The lowest BCUT2D eigenvalue weighted by Gasteiger charge is -2.12. The lowest BCUT2D eigenvalue weighted by Crippen LogP contribution is -2.14. The first-order valence-electron chi connectivity index (χ1n) is 8.32. The summed E-state index contributed by atoms with van der Waals surface area (Å²) in [5.74, 6) is 0.764. The van der Waals surface area contributed by atoms with Gasteiger partial charge in [0.15, 0.2) is 0 Å². The zero-order valence-corrected chi connectivity index (χ0v) is 14.6. The first-order chi connectivity index (χ1) is 13.2. The summed E-state index contributed by atoms with van der Waals surface area (Å²) in [5.41, 5.74) is 1.93. The van der Waals surface area contributed by atoms with Crippen molar-refractivity contribution in [2.24, 2.45) is 0 Å². The van der Waals surface area contributed by atoms with Crippen LogP contribution in [0.1, 0.15) is 23.0 Å². The van der Waals surface area contributed by atoms with Crippen LogP contribution in [0.5, 0.6) is 5.75 Å². The van der Waals surface area contributed by atoms with Crippen LogP contribution in [-0.2, 0) is 0 Å². The van der Waals surface area contributed by atoms with Gasteiger partial charge in [0.1, 0.15) is 23.6 Å². The number of nitrogens with one attached hydrogen (secondary N) is 2. The normalized spacial score (nSPS) is 9.93. The van der Waals surface area contributed by atoms with Crippen molar-refractivity contribution in [3.8, 4) is 11.8 Å². The zero-order valence-electron chi connectivity index (χ0n) is 14.6. The molecule has 3 rings (SSSR count). The first-order valence-corrected chi connectivity index (χ1v) is 8.32. The van der Waals surface area contributed by atoms with Gasteiger partial charge in [0.25, 0.3) is 5.91 Å². The van der Waals surface area contributed by atoms with E-state index in [0.717, 1.165) is 5.69 Å². The van der Waals surface area contributed by atoms with Gasteiger partial charge in [-0.25, -0.2) is 9.97 Å². The molecule has 2 N–H and O–H groups in total. The predicted octanol–water partition coefficient (Wildman–Crippen LogP) is 3.74. The average molecular weight is 359 g/mol. The number of carbonyl (C=O) groups is 1. The van der Waals surface area contributed by atoms with E-state index in [1.54, 1.807) is 30.3 Å². The fraction of sp³-hybridized carbons (Fsp3) is 0.100. The largest absolute Gasteiger partial charge is 0.492 e. The molecule has 0 spiro atoms. The van der Waals surface area contributed by atoms with Crippen molar-refractivity contribution in [1.29, 1.82) is 5.26 Å². The van der Waals surface area contributed by atoms with Crippen LogP contribution in [0, 0.1) is 11.3 Å². The molecule has 1 heterocycles. The molecule has 0 aliphatic rings. The lowest BCUT2D eigenvalue weighted by atomic mass is 10.2. The Kier molecular flexibility index (Phi) is 5.60. The van der Waals surface area contributed by atoms with E-state index in [-0.39, 0.29) is 5.69 Å². The number of aromatic nitrogens is 2. The molecule has 0 unspecified atom stereocenters. The highest BCUT2D eigenvalue weighted by atomic mass is 16.5. The third kappa shape index (κ3) is 4.58. The Morgan fingerprint density at radius 3 is 2.81 bits per heavy atom. The highest BCUT2D eigenvalue weighted by molar-refractivity contribution is 6.03. The molecule has 0 bridgehead atoms. The number of amides is 1. The molecule has 2 aromatic carbocycles. The number of anilines is 3. The molecule has 7 heteroatoms. The van der Waals surface area contributed by atoms with E-state index >= 15 is 0 Å². The summed E-state index contributed by atoms with van der Waals surface area (Å²) in [7, 11) is 0. The van der Waals surface area contributed by atoms with Crippen molar-refractivity contribution < 1.29 is 9.53 Å². The van der Waals surface area contributed by atoms with Crippen molar-refractivity contribution in [1.82, 2.24) is 9.97 Å². The maximum Gasteiger partial charge on any atom is 0.274 e. The number of nitriles is 1. The SMILES string of the molecule is CCOc1ccccc1Nc1cc(C(=O)Nc2cccc(C#N)c2)ncn1. The molecule has 134 valence electrons. The van der Waals surface area contributed by atoms with Crippen LogP contribution in [0.2, 0.25) is 0 Å². The van der Waals surface area contributed by atoms with Crippen molar-refractivity contribution in [2.45, 2.75) is 6.92 Å². The van der Waals surface area contributed by atoms with Crippen LogP contribution < -0.4 is 15.4 Å². The molecule has 1 aromatic heterocycles. The van der Waals surface area contributed by atoms with Gasteiger partial charge in [0.05, 0.1) is 23.9 Å². The summed E-state index contributed by atoms with van der Waals surface area (Å²) in [6, 6.07) is 17.7. The maximum absolute atomic E-state index is 12.5. The van der Waals surface area contributed by atoms with Gasteiger partial charge in [-0.2, -0.15) is 5.26 Å². The van der Waals surface area contributed by atoms with E-state index in [1.165, 1.54) is 6.33 Å². The van der Waals surface area contributed by atoms with Crippen molar-refractivity contribution >= 4 is 23.1 Å². The highest BCUT2D eigenvalue weighted by Gasteiger charge is 2.11. The van der Waals surface area contributed by atoms with Crippen LogP contribution in [0.25, 0.3) is 0 Å². The Bertz CT molecular complexity index is 997. The topological polar surface area (TPSA) is 99.9 Å². The van der Waals surface area contributed by atoms with Gasteiger partial charge in [-0.05, 0) is 37.3 Å². The van der Waals surface area contributed by atoms with Crippen LogP contribution in [-0.4, -0.2) is 22.5 Å². The molecule has 0 fully saturated rings. The summed E-state index contributed by atoms with van der Waals surface area (Å²) in [4.78, 5) is 20.6. The monoisotopic (exact) mass is 359 g/mol. The number of ether oxygens (including phenoxy) is 1. The Labute approximate surface area is 156 Å². The molecule has 1 amide bonds. The van der Waals surface area contributed by atoms with Gasteiger partial charge < -0.3 is 15.4 Å². The standard InChI is InChI=1S/C20H17N5O2/c1-2-27-18-9-4-3-8-16(18)25-19-11-17(22-13-23-19)20(26)24-15-7-5-6-14(10-15)12-21/h3-11,13H,2H2,1H3,(H,24,26)(H,22,23,25). The molecule has 0 saturated heterocycles. The Hall–Kier alpha value is -3.92. The Morgan fingerprint density at radius 1 is 1.15 bits per heavy atom. The van der Waals surface area contributed by atoms with Crippen molar-refractivity contribution in [3.05, 3.63) is 72.2 Å². The second-order valence-electron chi connectivity index (χ2n) is 5.49. The first kappa shape index (κ1) is 17.9. The lowest BCUT2D eigenvalue weighted by molar-refractivity contribution is 0.102. The average Bonchev–Trinajstić information content (AvgIpc) is 2.70. The molecule has 7 nitrogen and oxygen atoms in total. The number of hydrogen-bond acceptors (Lipinski definition) is 6. The molecule has 0 radical (unpaired) electrons. The fourth-order valence-corrected chi connectivity index (χ4v) is 2.40. The quantitative estimate of drug-likeness (QED) is 0.695. The van der Waals surface area contributed by atoms with Crippen LogP contribution in [0.15, 0.2) is 60.9 Å². The minimum absolute atomic E-state index is 0.198. The fourth-order valence-electron chi connectivity index (χ4n) is 2.40. The van der Waals surface area contributed by atoms with E-state index in [0.29, 0.717) is 29.4 Å².